The normalized spacial score (nSPS) is 10.3. The molecule has 3 aromatic rings. The van der Waals surface area contributed by atoms with Crippen LogP contribution in [0, 0.1) is 17.1 Å². The van der Waals surface area contributed by atoms with Crippen molar-refractivity contribution in [3.63, 3.8) is 0 Å². The van der Waals surface area contributed by atoms with Gasteiger partial charge in [-0.2, -0.15) is 5.26 Å². The van der Waals surface area contributed by atoms with Crippen LogP contribution in [0.25, 0.3) is 22.4 Å². The molecule has 0 aliphatic heterocycles. The van der Waals surface area contributed by atoms with E-state index in [0.29, 0.717) is 29.2 Å². The fourth-order valence-electron chi connectivity index (χ4n) is 2.69. The van der Waals surface area contributed by atoms with Crippen molar-refractivity contribution < 1.29 is 19.2 Å². The second kappa shape index (κ2) is 7.11. The molecule has 0 aliphatic rings. The minimum Gasteiger partial charge on any atom is -0.504 e. The Morgan fingerprint density at radius 1 is 1.15 bits per heavy atom. The molecule has 0 radical (unpaired) electrons. The molecule has 0 saturated heterocycles. The number of rotatable bonds is 4. The van der Waals surface area contributed by atoms with Crippen LogP contribution in [0.4, 0.5) is 10.2 Å². The van der Waals surface area contributed by atoms with Crippen LogP contribution < -0.4 is 15.5 Å². The molecule has 0 unspecified atom stereocenters. The number of nitrogen functional groups attached to an aromatic ring is 1. The molecule has 5 nitrogen and oxygen atoms in total. The van der Waals surface area contributed by atoms with Gasteiger partial charge in [-0.1, -0.05) is 6.07 Å². The fourth-order valence-corrected chi connectivity index (χ4v) is 2.69. The lowest BCUT2D eigenvalue weighted by Crippen LogP contribution is -2.16. The highest BCUT2D eigenvalue weighted by Crippen LogP contribution is 2.35. The lowest BCUT2D eigenvalue weighted by molar-refractivity contribution is -0.346. The molecule has 0 amide bonds. The number of anilines is 1. The quantitative estimate of drug-likeness (QED) is 0.753. The summed E-state index contributed by atoms with van der Waals surface area (Å²) in [4.78, 5) is 2.98. The Balaban J connectivity index is 2.18. The summed E-state index contributed by atoms with van der Waals surface area (Å²) < 4.78 is 18.6. The highest BCUT2D eigenvalue weighted by Gasteiger charge is 2.18. The van der Waals surface area contributed by atoms with Crippen molar-refractivity contribution in [2.24, 2.45) is 0 Å². The standard InChI is InChI=1S/C20H16FN3O2/c1-2-26-19-9-13(5-8-18(19)25)15-10-17(24-20(23)16(15)11-22)12-3-6-14(21)7-4-12/h3-10,25H,2H2,1H3,(H2,23,24)/p+1. The first-order chi connectivity index (χ1) is 12.5. The van der Waals surface area contributed by atoms with Crippen molar-refractivity contribution >= 4 is 5.82 Å². The van der Waals surface area contributed by atoms with Crippen molar-refractivity contribution in [2.45, 2.75) is 6.92 Å². The summed E-state index contributed by atoms with van der Waals surface area (Å²) in [7, 11) is 0. The van der Waals surface area contributed by atoms with E-state index in [1.165, 1.54) is 18.2 Å². The van der Waals surface area contributed by atoms with E-state index < -0.39 is 0 Å². The monoisotopic (exact) mass is 350 g/mol. The number of ether oxygens (including phenoxy) is 1. The van der Waals surface area contributed by atoms with Crippen LogP contribution in [0.1, 0.15) is 12.5 Å². The van der Waals surface area contributed by atoms with Crippen LogP contribution in [-0.4, -0.2) is 11.7 Å². The fraction of sp³-hybridized carbons (Fsp3) is 0.100. The molecule has 1 aromatic heterocycles. The summed E-state index contributed by atoms with van der Waals surface area (Å²) >= 11 is 0. The number of nitriles is 1. The number of hydrogen-bond acceptors (Lipinski definition) is 4. The number of hydrogen-bond donors (Lipinski definition) is 2. The van der Waals surface area contributed by atoms with Crippen LogP contribution in [0.5, 0.6) is 11.5 Å². The number of nitrogens with zero attached hydrogens (tertiary/aromatic N) is 1. The third-order valence-corrected chi connectivity index (χ3v) is 3.93. The van der Waals surface area contributed by atoms with E-state index in [0.717, 1.165) is 5.56 Å². The summed E-state index contributed by atoms with van der Waals surface area (Å²) in [6.07, 6.45) is 0. The molecule has 6 heteroatoms. The molecular weight excluding hydrogens is 333 g/mol. The number of pyridine rings is 1. The predicted octanol–water partition coefficient (Wildman–Crippen LogP) is 3.53. The lowest BCUT2D eigenvalue weighted by Gasteiger charge is -2.11. The van der Waals surface area contributed by atoms with Gasteiger partial charge in [-0.15, -0.1) is 0 Å². The topological polar surface area (TPSA) is 93.4 Å². The lowest BCUT2D eigenvalue weighted by atomic mass is 9.98. The number of H-pyrrole nitrogens is 1. The largest absolute Gasteiger partial charge is 0.504 e. The van der Waals surface area contributed by atoms with Crippen LogP contribution in [0.2, 0.25) is 0 Å². The Morgan fingerprint density at radius 2 is 1.85 bits per heavy atom. The van der Waals surface area contributed by atoms with E-state index >= 15 is 0 Å². The summed E-state index contributed by atoms with van der Waals surface area (Å²) in [5.41, 5.74) is 8.94. The third kappa shape index (κ3) is 3.28. The van der Waals surface area contributed by atoms with Crippen molar-refractivity contribution in [1.82, 2.24) is 0 Å². The third-order valence-electron chi connectivity index (χ3n) is 3.93. The van der Waals surface area contributed by atoms with Crippen LogP contribution >= 0.6 is 0 Å². The van der Waals surface area contributed by atoms with Gasteiger partial charge in [0.05, 0.1) is 6.61 Å². The Bertz CT molecular complexity index is 995. The summed E-state index contributed by atoms with van der Waals surface area (Å²) in [5, 5.41) is 19.4. The zero-order valence-corrected chi connectivity index (χ0v) is 14.1. The molecule has 4 N–H and O–H groups in total. The molecule has 0 saturated carbocycles. The molecule has 26 heavy (non-hydrogen) atoms. The number of nitrogens with two attached hydrogens (primary N) is 1. The van der Waals surface area contributed by atoms with E-state index in [-0.39, 0.29) is 22.9 Å². The van der Waals surface area contributed by atoms with Gasteiger partial charge >= 0.3 is 0 Å². The number of phenolic OH excluding ortho intramolecular Hbond substituents is 1. The SMILES string of the molecule is CCOc1cc(-c2cc(-c3ccc(F)cc3)[nH+]c(N)c2C#N)ccc1O. The Kier molecular flexibility index (Phi) is 4.72. The minimum atomic E-state index is -0.338. The molecule has 1 heterocycles. The smallest absolute Gasteiger partial charge is 0.289 e. The van der Waals surface area contributed by atoms with E-state index in [1.54, 1.807) is 30.3 Å². The molecule has 0 bridgehead atoms. The van der Waals surface area contributed by atoms with Crippen LogP contribution in [0.3, 0.4) is 0 Å². The van der Waals surface area contributed by atoms with Crippen molar-refractivity contribution in [1.29, 1.82) is 5.26 Å². The molecule has 130 valence electrons. The van der Waals surface area contributed by atoms with Crippen LogP contribution in [0.15, 0.2) is 48.5 Å². The average molecular weight is 350 g/mol. The maximum atomic E-state index is 13.2. The van der Waals surface area contributed by atoms with Gasteiger partial charge in [-0.25, -0.2) is 9.37 Å². The number of halogens is 1. The molecule has 0 aliphatic carbocycles. The van der Waals surface area contributed by atoms with E-state index in [1.807, 2.05) is 6.92 Å². The predicted molar refractivity (Wildman–Crippen MR) is 95.8 cm³/mol. The average Bonchev–Trinajstić information content (AvgIpc) is 2.63. The summed E-state index contributed by atoms with van der Waals surface area (Å²) in [6.45, 7) is 2.21. The van der Waals surface area contributed by atoms with Gasteiger partial charge in [-0.3, -0.25) is 5.73 Å². The molecule has 0 spiro atoms. The number of benzene rings is 2. The maximum absolute atomic E-state index is 13.2. The Labute approximate surface area is 150 Å². The van der Waals surface area contributed by atoms with E-state index in [9.17, 15) is 14.8 Å². The second-order valence-corrected chi connectivity index (χ2v) is 5.62. The van der Waals surface area contributed by atoms with Crippen molar-refractivity contribution in [3.05, 3.63) is 59.9 Å². The molecule has 0 fully saturated rings. The van der Waals surface area contributed by atoms with Gasteiger partial charge in [0.25, 0.3) is 5.82 Å². The zero-order valence-electron chi connectivity index (χ0n) is 14.1. The highest BCUT2D eigenvalue weighted by atomic mass is 19.1. The van der Waals surface area contributed by atoms with Crippen molar-refractivity contribution in [3.8, 4) is 40.0 Å². The first kappa shape index (κ1) is 17.2. The first-order valence-electron chi connectivity index (χ1n) is 8.01. The first-order valence-corrected chi connectivity index (χ1v) is 8.01. The molecular formula is C20H17FN3O2+. The van der Waals surface area contributed by atoms with Crippen molar-refractivity contribution in [2.75, 3.05) is 12.3 Å². The van der Waals surface area contributed by atoms with Gasteiger partial charge in [0.2, 0.25) is 0 Å². The number of nitrogens with one attached hydrogen (secondary N) is 1. The second-order valence-electron chi connectivity index (χ2n) is 5.62. The summed E-state index contributed by atoms with van der Waals surface area (Å²) in [5.74, 6) is 0.206. The molecule has 0 atom stereocenters. The number of aromatic hydroxyl groups is 1. The Hall–Kier alpha value is -3.59. The van der Waals surface area contributed by atoms with Gasteiger partial charge in [0, 0.05) is 11.1 Å². The molecule has 2 aromatic carbocycles. The summed E-state index contributed by atoms with van der Waals surface area (Å²) in [6, 6.07) is 14.7. The van der Waals surface area contributed by atoms with Gasteiger partial charge in [0.15, 0.2) is 11.5 Å². The van der Waals surface area contributed by atoms with Gasteiger partial charge < -0.3 is 9.84 Å². The number of phenols is 1. The Morgan fingerprint density at radius 3 is 2.50 bits per heavy atom. The highest BCUT2D eigenvalue weighted by molar-refractivity contribution is 5.79. The van der Waals surface area contributed by atoms with Gasteiger partial charge in [0.1, 0.15) is 23.1 Å². The minimum absolute atomic E-state index is 0.0170. The van der Waals surface area contributed by atoms with E-state index in [4.69, 9.17) is 10.5 Å². The number of aromatic nitrogens is 1. The van der Waals surface area contributed by atoms with Gasteiger partial charge in [-0.05, 0) is 55.0 Å². The number of aromatic amines is 1. The zero-order chi connectivity index (χ0) is 18.7. The van der Waals surface area contributed by atoms with Crippen LogP contribution in [-0.2, 0) is 0 Å². The maximum Gasteiger partial charge on any atom is 0.289 e. The molecule has 3 rings (SSSR count). The van der Waals surface area contributed by atoms with E-state index in [2.05, 4.69) is 11.1 Å².